The predicted octanol–water partition coefficient (Wildman–Crippen LogP) is 2.16. The zero-order valence-electron chi connectivity index (χ0n) is 12.6. The number of aromatic nitrogens is 1. The second-order valence-corrected chi connectivity index (χ2v) is 6.23. The quantitative estimate of drug-likeness (QED) is 0.910. The largest absolute Gasteiger partial charge is 0.478 e. The van der Waals surface area contributed by atoms with Gasteiger partial charge in [0.2, 0.25) is 0 Å². The minimum absolute atomic E-state index is 0.124. The molecule has 5 heteroatoms. The third kappa shape index (κ3) is 2.20. The summed E-state index contributed by atoms with van der Waals surface area (Å²) in [5.74, 6) is -0.373. The van der Waals surface area contributed by atoms with Crippen LogP contribution in [0.2, 0.25) is 0 Å². The van der Waals surface area contributed by atoms with Crippen LogP contribution in [-0.4, -0.2) is 28.0 Å². The number of rotatable bonds is 3. The molecule has 1 fully saturated rings. The second kappa shape index (κ2) is 4.91. The number of benzene rings is 1. The molecule has 1 heterocycles. The summed E-state index contributed by atoms with van der Waals surface area (Å²) in [6.07, 6.45) is 1.01. The van der Waals surface area contributed by atoms with Gasteiger partial charge in [0.25, 0.3) is 5.91 Å². The van der Waals surface area contributed by atoms with Gasteiger partial charge in [-0.3, -0.25) is 4.79 Å². The molecule has 0 aliphatic heterocycles. The number of aromatic carboxylic acids is 1. The number of carbonyl (C=O) groups excluding carboxylic acids is 1. The van der Waals surface area contributed by atoms with Gasteiger partial charge in [-0.2, -0.15) is 0 Å². The van der Waals surface area contributed by atoms with Gasteiger partial charge >= 0.3 is 5.97 Å². The van der Waals surface area contributed by atoms with E-state index in [0.29, 0.717) is 17.5 Å². The molecule has 2 aliphatic carbocycles. The highest BCUT2D eigenvalue weighted by molar-refractivity contribution is 5.95. The smallest absolute Gasteiger partial charge is 0.337 e. The summed E-state index contributed by atoms with van der Waals surface area (Å²) in [5, 5.41) is 12.1. The fraction of sp³-hybridized carbons (Fsp3) is 0.278. The fourth-order valence-electron chi connectivity index (χ4n) is 3.69. The number of fused-ring (bicyclic) bond motifs is 3. The molecule has 1 aromatic carbocycles. The number of hydrogen-bond donors (Lipinski definition) is 2. The van der Waals surface area contributed by atoms with E-state index in [9.17, 15) is 9.59 Å². The van der Waals surface area contributed by atoms with Crippen LogP contribution >= 0.6 is 0 Å². The number of hydrogen-bond acceptors (Lipinski definition) is 3. The van der Waals surface area contributed by atoms with Crippen molar-refractivity contribution in [3.8, 4) is 0 Å². The lowest BCUT2D eigenvalue weighted by Crippen LogP contribution is -2.29. The first-order chi connectivity index (χ1) is 11.1. The molecule has 2 aliphatic rings. The molecule has 1 amide bonds. The Bertz CT molecular complexity index is 831. The lowest BCUT2D eigenvalue weighted by molar-refractivity contribution is 0.0694. The Balaban J connectivity index is 1.49. The molecule has 2 aromatic rings. The van der Waals surface area contributed by atoms with Crippen LogP contribution in [0.25, 0.3) is 0 Å². The van der Waals surface area contributed by atoms with Crippen molar-refractivity contribution < 1.29 is 14.7 Å². The maximum absolute atomic E-state index is 12.4. The van der Waals surface area contributed by atoms with E-state index < -0.39 is 5.97 Å². The highest BCUT2D eigenvalue weighted by Gasteiger charge is 2.56. The van der Waals surface area contributed by atoms with Gasteiger partial charge in [0.15, 0.2) is 0 Å². The lowest BCUT2D eigenvalue weighted by Gasteiger charge is -2.10. The second-order valence-electron chi connectivity index (χ2n) is 6.23. The Morgan fingerprint density at radius 2 is 2.00 bits per heavy atom. The Morgan fingerprint density at radius 1 is 1.22 bits per heavy atom. The first-order valence-corrected chi connectivity index (χ1v) is 7.66. The molecule has 116 valence electrons. The van der Waals surface area contributed by atoms with Crippen LogP contribution in [0.3, 0.4) is 0 Å². The number of amides is 1. The maximum Gasteiger partial charge on any atom is 0.337 e. The monoisotopic (exact) mass is 308 g/mol. The summed E-state index contributed by atoms with van der Waals surface area (Å²) in [5.41, 5.74) is 3.47. The molecule has 3 unspecified atom stereocenters. The topological polar surface area (TPSA) is 79.3 Å². The number of nitrogens with one attached hydrogen (secondary N) is 1. The van der Waals surface area contributed by atoms with Crippen LogP contribution < -0.4 is 5.32 Å². The Hall–Kier alpha value is -2.69. The summed E-state index contributed by atoms with van der Waals surface area (Å²) >= 11 is 0. The average molecular weight is 308 g/mol. The van der Waals surface area contributed by atoms with Crippen LogP contribution in [0.4, 0.5) is 0 Å². The average Bonchev–Trinajstić information content (AvgIpc) is 3.04. The van der Waals surface area contributed by atoms with Gasteiger partial charge in [-0.1, -0.05) is 24.3 Å². The molecular weight excluding hydrogens is 292 g/mol. The van der Waals surface area contributed by atoms with Crippen LogP contribution in [0.15, 0.2) is 36.4 Å². The molecule has 0 saturated heterocycles. The molecule has 3 atom stereocenters. The van der Waals surface area contributed by atoms with Gasteiger partial charge in [0.1, 0.15) is 5.69 Å². The first kappa shape index (κ1) is 13.9. The molecule has 23 heavy (non-hydrogen) atoms. The molecule has 5 nitrogen and oxygen atoms in total. The predicted molar refractivity (Wildman–Crippen MR) is 83.6 cm³/mol. The van der Waals surface area contributed by atoms with Gasteiger partial charge in [0, 0.05) is 12.0 Å². The first-order valence-electron chi connectivity index (χ1n) is 7.66. The van der Waals surface area contributed by atoms with Crippen molar-refractivity contribution in [2.75, 3.05) is 0 Å². The summed E-state index contributed by atoms with van der Waals surface area (Å²) in [6, 6.07) is 11.4. The summed E-state index contributed by atoms with van der Waals surface area (Å²) < 4.78 is 0. The number of carboxylic acid groups (broad SMARTS) is 1. The normalized spacial score (nSPS) is 23.8. The molecule has 0 radical (unpaired) electrons. The van der Waals surface area contributed by atoms with E-state index in [0.717, 1.165) is 6.42 Å². The number of pyridine rings is 1. The lowest BCUT2D eigenvalue weighted by atomic mass is 10.1. The highest BCUT2D eigenvalue weighted by Crippen LogP contribution is 2.56. The van der Waals surface area contributed by atoms with Crippen molar-refractivity contribution in [3.05, 3.63) is 64.5 Å². The van der Waals surface area contributed by atoms with Crippen LogP contribution in [-0.2, 0) is 6.42 Å². The third-order valence-corrected chi connectivity index (χ3v) is 4.89. The van der Waals surface area contributed by atoms with Gasteiger partial charge in [-0.25, -0.2) is 9.78 Å². The molecule has 4 rings (SSSR count). The minimum atomic E-state index is -1.03. The zero-order valence-corrected chi connectivity index (χ0v) is 12.6. The van der Waals surface area contributed by atoms with Crippen molar-refractivity contribution in [1.82, 2.24) is 10.3 Å². The molecule has 2 N–H and O–H groups in total. The van der Waals surface area contributed by atoms with E-state index >= 15 is 0 Å². The van der Waals surface area contributed by atoms with Crippen molar-refractivity contribution >= 4 is 11.9 Å². The van der Waals surface area contributed by atoms with E-state index in [4.69, 9.17) is 5.11 Å². The van der Waals surface area contributed by atoms with E-state index in [1.165, 1.54) is 23.3 Å². The molecule has 1 saturated carbocycles. The van der Waals surface area contributed by atoms with Crippen molar-refractivity contribution in [1.29, 1.82) is 0 Å². The number of nitrogens with zero attached hydrogens (tertiary/aromatic N) is 1. The van der Waals surface area contributed by atoms with Crippen LogP contribution in [0.1, 0.15) is 43.6 Å². The number of carboxylic acids is 1. The van der Waals surface area contributed by atoms with Crippen LogP contribution in [0.5, 0.6) is 0 Å². The third-order valence-electron chi connectivity index (χ3n) is 4.89. The Kier molecular flexibility index (Phi) is 2.98. The highest BCUT2D eigenvalue weighted by atomic mass is 16.4. The standard InChI is InChI=1S/C18H16N2O3/c1-9-11(18(22)23)6-7-14(19-9)17(21)20-16-13-8-10-4-2-3-5-12(10)15(13)16/h2-7,13,15-16H,8H2,1H3,(H,20,21)(H,22,23). The van der Waals surface area contributed by atoms with Gasteiger partial charge in [0.05, 0.1) is 11.3 Å². The van der Waals surface area contributed by atoms with Gasteiger partial charge in [-0.15, -0.1) is 0 Å². The van der Waals surface area contributed by atoms with Crippen molar-refractivity contribution in [2.24, 2.45) is 5.92 Å². The van der Waals surface area contributed by atoms with Crippen LogP contribution in [0, 0.1) is 12.8 Å². The molecule has 1 aromatic heterocycles. The Morgan fingerprint density at radius 3 is 2.74 bits per heavy atom. The summed E-state index contributed by atoms with van der Waals surface area (Å²) in [6.45, 7) is 1.60. The minimum Gasteiger partial charge on any atom is -0.478 e. The van der Waals surface area contributed by atoms with E-state index in [1.807, 2.05) is 12.1 Å². The number of carbonyl (C=O) groups is 2. The molecular formula is C18H16N2O3. The summed E-state index contributed by atoms with van der Waals surface area (Å²) in [7, 11) is 0. The fourth-order valence-corrected chi connectivity index (χ4v) is 3.69. The van der Waals surface area contributed by atoms with Crippen molar-refractivity contribution in [2.45, 2.75) is 25.3 Å². The van der Waals surface area contributed by atoms with Gasteiger partial charge < -0.3 is 10.4 Å². The van der Waals surface area contributed by atoms with E-state index in [-0.39, 0.29) is 23.2 Å². The van der Waals surface area contributed by atoms with Gasteiger partial charge in [-0.05, 0) is 42.5 Å². The van der Waals surface area contributed by atoms with E-state index in [1.54, 1.807) is 6.92 Å². The SMILES string of the molecule is Cc1nc(C(=O)NC2C3Cc4ccccc4C32)ccc1C(=O)O. The summed E-state index contributed by atoms with van der Waals surface area (Å²) in [4.78, 5) is 27.5. The van der Waals surface area contributed by atoms with E-state index in [2.05, 4.69) is 22.4 Å². The number of aryl methyl sites for hydroxylation is 1. The van der Waals surface area contributed by atoms with Crippen molar-refractivity contribution in [3.63, 3.8) is 0 Å². The zero-order chi connectivity index (χ0) is 16.1. The molecule has 0 bridgehead atoms. The Labute approximate surface area is 133 Å². The maximum atomic E-state index is 12.4. The molecule has 0 spiro atoms.